The van der Waals surface area contributed by atoms with Crippen molar-refractivity contribution in [3.8, 4) is 5.75 Å². The topological polar surface area (TPSA) is 124 Å². The van der Waals surface area contributed by atoms with E-state index in [2.05, 4.69) is 47.4 Å². The van der Waals surface area contributed by atoms with Crippen LogP contribution in [0.5, 0.6) is 5.75 Å². The number of aromatic nitrogens is 4. The number of nitrogens with zero attached hydrogens (tertiary/aromatic N) is 5. The summed E-state index contributed by atoms with van der Waals surface area (Å²) in [5, 5.41) is 13.8. The summed E-state index contributed by atoms with van der Waals surface area (Å²) in [6, 6.07) is 3.30. The highest BCUT2D eigenvalue weighted by atomic mass is 79.9. The van der Waals surface area contributed by atoms with Crippen molar-refractivity contribution in [2.45, 2.75) is 6.54 Å². The van der Waals surface area contributed by atoms with Gasteiger partial charge in [0, 0.05) is 24.1 Å². The molecular weight excluding hydrogens is 500 g/mol. The second kappa shape index (κ2) is 7.72. The van der Waals surface area contributed by atoms with Crippen LogP contribution in [0.3, 0.4) is 0 Å². The number of amides is 1. The van der Waals surface area contributed by atoms with Gasteiger partial charge in [-0.05, 0) is 28.1 Å². The third kappa shape index (κ3) is 3.64. The van der Waals surface area contributed by atoms with Crippen molar-refractivity contribution in [2.24, 2.45) is 19.2 Å². The van der Waals surface area contributed by atoms with Gasteiger partial charge in [0.15, 0.2) is 11.2 Å². The van der Waals surface area contributed by atoms with Gasteiger partial charge in [-0.25, -0.2) is 15.2 Å². The summed E-state index contributed by atoms with van der Waals surface area (Å²) in [5.41, 5.74) is 1.99. The molecule has 12 heteroatoms. The summed E-state index contributed by atoms with van der Waals surface area (Å²) in [7, 11) is 2.85. The van der Waals surface area contributed by atoms with Crippen LogP contribution >= 0.6 is 31.9 Å². The fraction of sp³-hybridized carbons (Fsp3) is 0.188. The van der Waals surface area contributed by atoms with E-state index in [-0.39, 0.29) is 23.5 Å². The van der Waals surface area contributed by atoms with Gasteiger partial charge in [-0.1, -0.05) is 15.9 Å². The van der Waals surface area contributed by atoms with E-state index >= 15 is 0 Å². The maximum Gasteiger partial charge on any atom is 0.332 e. The highest BCUT2D eigenvalue weighted by molar-refractivity contribution is 9.11. The minimum absolute atomic E-state index is 0.0220. The highest BCUT2D eigenvalue weighted by Gasteiger charge is 2.15. The number of hydrogen-bond donors (Lipinski definition) is 2. The van der Waals surface area contributed by atoms with Crippen LogP contribution in [0.2, 0.25) is 0 Å². The fourth-order valence-corrected chi connectivity index (χ4v) is 3.82. The Kier molecular flexibility index (Phi) is 5.52. The van der Waals surface area contributed by atoms with Crippen molar-refractivity contribution >= 4 is 55.1 Å². The molecule has 3 rings (SSSR count). The Morgan fingerprint density at radius 2 is 2.00 bits per heavy atom. The van der Waals surface area contributed by atoms with Crippen LogP contribution in [0, 0.1) is 0 Å². The lowest BCUT2D eigenvalue weighted by Gasteiger charge is -2.06. The number of aromatic hydroxyl groups is 1. The number of benzene rings is 1. The number of nitrogens with one attached hydrogen (secondary N) is 1. The zero-order valence-corrected chi connectivity index (χ0v) is 17.9. The molecule has 1 aromatic carbocycles. The molecule has 0 radical (unpaired) electrons. The Bertz CT molecular complexity index is 1240. The summed E-state index contributed by atoms with van der Waals surface area (Å²) in [6.45, 7) is -0.227. The molecule has 1 amide bonds. The molecule has 0 atom stereocenters. The van der Waals surface area contributed by atoms with Gasteiger partial charge in [0.05, 0.1) is 17.0 Å². The molecule has 0 saturated carbocycles. The Morgan fingerprint density at radius 1 is 1.29 bits per heavy atom. The average Bonchev–Trinajstić information content (AvgIpc) is 3.05. The van der Waals surface area contributed by atoms with Gasteiger partial charge in [-0.15, -0.1) is 0 Å². The molecule has 28 heavy (non-hydrogen) atoms. The van der Waals surface area contributed by atoms with Crippen LogP contribution in [0.4, 0.5) is 0 Å². The maximum atomic E-state index is 12.4. The summed E-state index contributed by atoms with van der Waals surface area (Å²) in [6.07, 6.45) is 2.60. The molecule has 0 spiro atoms. The number of phenolic OH excluding ortho intramolecular Hbond substituents is 1. The number of fused-ring (bicyclic) bond motifs is 1. The van der Waals surface area contributed by atoms with Crippen molar-refractivity contribution < 1.29 is 9.90 Å². The quantitative estimate of drug-likeness (QED) is 0.395. The van der Waals surface area contributed by atoms with Crippen molar-refractivity contribution in [2.75, 3.05) is 0 Å². The molecule has 0 fully saturated rings. The average molecular weight is 514 g/mol. The minimum atomic E-state index is -0.546. The number of phenols is 1. The van der Waals surface area contributed by atoms with E-state index in [0.29, 0.717) is 10.0 Å². The molecule has 146 valence electrons. The van der Waals surface area contributed by atoms with E-state index in [1.54, 1.807) is 12.1 Å². The predicted molar refractivity (Wildman–Crippen MR) is 109 cm³/mol. The number of aryl methyl sites for hydroxylation is 1. The van der Waals surface area contributed by atoms with E-state index in [4.69, 9.17) is 0 Å². The second-order valence-electron chi connectivity index (χ2n) is 5.87. The number of hydrazone groups is 1. The molecule has 0 aliphatic heterocycles. The van der Waals surface area contributed by atoms with Crippen LogP contribution in [-0.2, 0) is 25.4 Å². The summed E-state index contributed by atoms with van der Waals surface area (Å²) < 4.78 is 4.72. The molecule has 0 unspecified atom stereocenters. The normalized spacial score (nSPS) is 11.4. The van der Waals surface area contributed by atoms with Gasteiger partial charge in [0.25, 0.3) is 11.5 Å². The van der Waals surface area contributed by atoms with E-state index < -0.39 is 17.2 Å². The largest absolute Gasteiger partial charge is 0.506 e. The lowest BCUT2D eigenvalue weighted by atomic mass is 10.2. The molecule has 10 nitrogen and oxygen atoms in total. The first-order valence-corrected chi connectivity index (χ1v) is 9.40. The van der Waals surface area contributed by atoms with Crippen LogP contribution in [0.15, 0.2) is 42.1 Å². The zero-order chi connectivity index (χ0) is 20.6. The standard InChI is InChI=1S/C16H14Br2N6O4/c1-22-14-12(15(27)23(2)16(22)28)24(7-19-14)6-11(25)21-20-5-8-3-9(17)4-10(18)13(8)26/h3-5,7,26H,6H2,1-2H3,(H,21,25). The highest BCUT2D eigenvalue weighted by Crippen LogP contribution is 2.30. The van der Waals surface area contributed by atoms with E-state index in [9.17, 15) is 19.5 Å². The van der Waals surface area contributed by atoms with Crippen LogP contribution < -0.4 is 16.7 Å². The number of halogens is 2. The lowest BCUT2D eigenvalue weighted by molar-refractivity contribution is -0.121. The molecule has 0 saturated heterocycles. The van der Waals surface area contributed by atoms with Gasteiger partial charge in [-0.3, -0.25) is 18.7 Å². The van der Waals surface area contributed by atoms with Crippen molar-refractivity contribution in [3.63, 3.8) is 0 Å². The molecule has 2 heterocycles. The Balaban J connectivity index is 1.81. The van der Waals surface area contributed by atoms with E-state index in [1.165, 1.54) is 35.8 Å². The third-order valence-corrected chi connectivity index (χ3v) is 5.04. The maximum absolute atomic E-state index is 12.4. The monoisotopic (exact) mass is 512 g/mol. The second-order valence-corrected chi connectivity index (χ2v) is 7.64. The molecule has 0 bridgehead atoms. The summed E-state index contributed by atoms with van der Waals surface area (Å²) >= 11 is 6.51. The van der Waals surface area contributed by atoms with Crippen LogP contribution in [-0.4, -0.2) is 35.9 Å². The number of carbonyl (C=O) groups excluding carboxylic acids is 1. The van der Waals surface area contributed by atoms with Crippen LogP contribution in [0.25, 0.3) is 11.2 Å². The van der Waals surface area contributed by atoms with Gasteiger partial charge in [-0.2, -0.15) is 5.10 Å². The summed E-state index contributed by atoms with van der Waals surface area (Å²) in [4.78, 5) is 40.5. The molecule has 3 aromatic rings. The number of carbonyl (C=O) groups is 1. The number of imidazole rings is 1. The zero-order valence-electron chi connectivity index (χ0n) is 14.7. The molecule has 2 N–H and O–H groups in total. The molecule has 2 aromatic heterocycles. The SMILES string of the molecule is Cn1c(=O)c2c(ncn2CC(=O)NN=Cc2cc(Br)cc(Br)c2O)n(C)c1=O. The Hall–Kier alpha value is -2.73. The Morgan fingerprint density at radius 3 is 2.71 bits per heavy atom. The van der Waals surface area contributed by atoms with Gasteiger partial charge < -0.3 is 9.67 Å². The first kappa shape index (κ1) is 20.0. The van der Waals surface area contributed by atoms with Gasteiger partial charge in [0.2, 0.25) is 0 Å². The van der Waals surface area contributed by atoms with Crippen molar-refractivity contribution in [3.05, 3.63) is 53.8 Å². The minimum Gasteiger partial charge on any atom is -0.506 e. The van der Waals surface area contributed by atoms with E-state index in [0.717, 1.165) is 9.04 Å². The number of hydrogen-bond acceptors (Lipinski definition) is 6. The molecular formula is C16H14Br2N6O4. The molecule has 0 aliphatic carbocycles. The smallest absolute Gasteiger partial charge is 0.332 e. The summed E-state index contributed by atoms with van der Waals surface area (Å²) in [5.74, 6) is -0.536. The fourth-order valence-electron chi connectivity index (χ4n) is 2.57. The van der Waals surface area contributed by atoms with Crippen LogP contribution in [0.1, 0.15) is 5.56 Å². The first-order valence-electron chi connectivity index (χ1n) is 7.81. The van der Waals surface area contributed by atoms with Gasteiger partial charge >= 0.3 is 5.69 Å². The van der Waals surface area contributed by atoms with Crippen molar-refractivity contribution in [1.29, 1.82) is 0 Å². The van der Waals surface area contributed by atoms with Crippen molar-refractivity contribution in [1.82, 2.24) is 24.1 Å². The third-order valence-electron chi connectivity index (χ3n) is 3.98. The number of rotatable bonds is 4. The molecule has 0 aliphatic rings. The lowest BCUT2D eigenvalue weighted by Crippen LogP contribution is -2.38. The van der Waals surface area contributed by atoms with E-state index in [1.807, 2.05) is 0 Å². The van der Waals surface area contributed by atoms with Gasteiger partial charge in [0.1, 0.15) is 12.3 Å². The predicted octanol–water partition coefficient (Wildman–Crippen LogP) is 0.815. The Labute approximate surface area is 174 Å². The first-order chi connectivity index (χ1) is 13.2.